The number of carbonyl (C=O) groups excluding carboxylic acids is 2. The van der Waals surface area contributed by atoms with Crippen LogP contribution in [0.3, 0.4) is 0 Å². The van der Waals surface area contributed by atoms with Crippen LogP contribution >= 0.6 is 11.8 Å². The van der Waals surface area contributed by atoms with Crippen molar-refractivity contribution in [2.24, 2.45) is 0 Å². The summed E-state index contributed by atoms with van der Waals surface area (Å²) >= 11 is 1.14. The Hall–Kier alpha value is -3.33. The molecule has 0 bridgehead atoms. The monoisotopic (exact) mass is 412 g/mol. The van der Waals surface area contributed by atoms with Crippen molar-refractivity contribution in [2.75, 3.05) is 23.5 Å². The lowest BCUT2D eigenvalue weighted by Gasteiger charge is -2.12. The topological polar surface area (TPSA) is 106 Å². The van der Waals surface area contributed by atoms with Crippen LogP contribution in [0.2, 0.25) is 0 Å². The summed E-state index contributed by atoms with van der Waals surface area (Å²) in [6.07, 6.45) is 0.535. The van der Waals surface area contributed by atoms with Crippen LogP contribution in [0.5, 0.6) is 5.75 Å². The van der Waals surface area contributed by atoms with E-state index in [4.69, 9.17) is 9.15 Å². The minimum absolute atomic E-state index is 0.0838. The molecule has 3 rings (SSSR count). The normalized spacial score (nSPS) is 10.4. The molecular weight excluding hydrogens is 392 g/mol. The molecule has 2 N–H and O–H groups in total. The van der Waals surface area contributed by atoms with Gasteiger partial charge in [-0.15, -0.1) is 10.2 Å². The summed E-state index contributed by atoms with van der Waals surface area (Å²) in [5, 5.41) is 13.7. The standard InChI is InChI=1S/C20H20N4O4S/c1-13(25)21-15-8-9-17(27-2)16(11-15)22-18(26)12-29-20-24-23-19(28-20)10-14-6-4-3-5-7-14/h3-9,11H,10,12H2,1-2H3,(H,21,25)(H,22,26). The van der Waals surface area contributed by atoms with Gasteiger partial charge in [-0.25, -0.2) is 0 Å². The number of thioether (sulfide) groups is 1. The van der Waals surface area contributed by atoms with Gasteiger partial charge < -0.3 is 19.8 Å². The van der Waals surface area contributed by atoms with Crippen molar-refractivity contribution in [1.29, 1.82) is 0 Å². The van der Waals surface area contributed by atoms with E-state index in [1.165, 1.54) is 14.0 Å². The van der Waals surface area contributed by atoms with Gasteiger partial charge in [-0.3, -0.25) is 9.59 Å². The number of rotatable bonds is 8. The number of amides is 2. The smallest absolute Gasteiger partial charge is 0.277 e. The maximum atomic E-state index is 12.3. The Kier molecular flexibility index (Phi) is 6.85. The summed E-state index contributed by atoms with van der Waals surface area (Å²) in [5.74, 6) is 0.589. The fourth-order valence-corrected chi connectivity index (χ4v) is 3.12. The molecule has 0 unspecified atom stereocenters. The van der Waals surface area contributed by atoms with E-state index in [1.807, 2.05) is 30.3 Å². The van der Waals surface area contributed by atoms with Crippen molar-refractivity contribution >= 4 is 35.0 Å². The molecule has 29 heavy (non-hydrogen) atoms. The fraction of sp³-hybridized carbons (Fsp3) is 0.200. The minimum atomic E-state index is -0.268. The number of carbonyl (C=O) groups is 2. The Morgan fingerprint density at radius 3 is 2.62 bits per heavy atom. The van der Waals surface area contributed by atoms with Crippen LogP contribution in [0.4, 0.5) is 11.4 Å². The highest BCUT2D eigenvalue weighted by molar-refractivity contribution is 7.99. The van der Waals surface area contributed by atoms with Crippen molar-refractivity contribution in [1.82, 2.24) is 10.2 Å². The molecule has 0 aliphatic carbocycles. The molecule has 2 aromatic carbocycles. The molecule has 2 amide bonds. The lowest BCUT2D eigenvalue weighted by Crippen LogP contribution is -2.15. The van der Waals surface area contributed by atoms with Crippen LogP contribution in [-0.4, -0.2) is 34.9 Å². The molecule has 150 valence electrons. The van der Waals surface area contributed by atoms with Crippen LogP contribution in [0, 0.1) is 0 Å². The molecule has 0 spiro atoms. The van der Waals surface area contributed by atoms with Crippen molar-refractivity contribution in [3.05, 3.63) is 60.0 Å². The van der Waals surface area contributed by atoms with Crippen LogP contribution in [0.1, 0.15) is 18.4 Å². The van der Waals surface area contributed by atoms with Gasteiger partial charge >= 0.3 is 0 Å². The van der Waals surface area contributed by atoms with E-state index in [1.54, 1.807) is 18.2 Å². The lowest BCUT2D eigenvalue weighted by atomic mass is 10.2. The fourth-order valence-electron chi connectivity index (χ4n) is 2.54. The zero-order valence-corrected chi connectivity index (χ0v) is 16.8. The predicted molar refractivity (Wildman–Crippen MR) is 110 cm³/mol. The Morgan fingerprint density at radius 2 is 1.90 bits per heavy atom. The molecule has 3 aromatic rings. The molecule has 0 radical (unpaired) electrons. The second kappa shape index (κ2) is 9.74. The van der Waals surface area contributed by atoms with Gasteiger partial charge in [-0.05, 0) is 23.8 Å². The summed E-state index contributed by atoms with van der Waals surface area (Å²) in [7, 11) is 1.50. The molecule has 9 heteroatoms. The Labute approximate surface area is 172 Å². The van der Waals surface area contributed by atoms with E-state index < -0.39 is 0 Å². The molecule has 1 heterocycles. The summed E-state index contributed by atoms with van der Waals surface area (Å²) in [5.41, 5.74) is 2.08. The first-order chi connectivity index (χ1) is 14.0. The van der Waals surface area contributed by atoms with Gasteiger partial charge in [0.1, 0.15) is 5.75 Å². The second-order valence-corrected chi connectivity index (χ2v) is 6.98. The Morgan fingerprint density at radius 1 is 1.10 bits per heavy atom. The second-order valence-electron chi connectivity index (χ2n) is 6.06. The van der Waals surface area contributed by atoms with Crippen LogP contribution in [0.15, 0.2) is 58.2 Å². The highest BCUT2D eigenvalue weighted by atomic mass is 32.2. The molecular formula is C20H20N4O4S. The molecule has 0 saturated heterocycles. The maximum Gasteiger partial charge on any atom is 0.277 e. The van der Waals surface area contributed by atoms with Gasteiger partial charge in [0.2, 0.25) is 17.7 Å². The van der Waals surface area contributed by atoms with E-state index in [9.17, 15) is 9.59 Å². The minimum Gasteiger partial charge on any atom is -0.495 e. The SMILES string of the molecule is COc1ccc(NC(C)=O)cc1NC(=O)CSc1nnc(Cc2ccccc2)o1. The number of nitrogens with zero attached hydrogens (tertiary/aromatic N) is 2. The summed E-state index contributed by atoms with van der Waals surface area (Å²) in [4.78, 5) is 23.5. The summed E-state index contributed by atoms with van der Waals surface area (Å²) in [6.45, 7) is 1.41. The first-order valence-corrected chi connectivity index (χ1v) is 9.76. The van der Waals surface area contributed by atoms with Crippen molar-refractivity contribution in [3.63, 3.8) is 0 Å². The molecule has 0 atom stereocenters. The Bertz CT molecular complexity index is 991. The zero-order valence-electron chi connectivity index (χ0n) is 16.0. The highest BCUT2D eigenvalue weighted by Gasteiger charge is 2.13. The average Bonchev–Trinajstić information content (AvgIpc) is 3.14. The van der Waals surface area contributed by atoms with Gasteiger partial charge in [0, 0.05) is 12.6 Å². The number of nitrogens with one attached hydrogen (secondary N) is 2. The molecule has 0 fully saturated rings. The molecule has 0 aliphatic heterocycles. The summed E-state index contributed by atoms with van der Waals surface area (Å²) in [6, 6.07) is 14.8. The van der Waals surface area contributed by atoms with Crippen LogP contribution in [-0.2, 0) is 16.0 Å². The highest BCUT2D eigenvalue weighted by Crippen LogP contribution is 2.28. The number of hydrogen-bond acceptors (Lipinski definition) is 7. The van der Waals surface area contributed by atoms with Gasteiger partial charge in [-0.2, -0.15) is 0 Å². The number of methoxy groups -OCH3 is 1. The number of aromatic nitrogens is 2. The third-order valence-electron chi connectivity index (χ3n) is 3.77. The van der Waals surface area contributed by atoms with E-state index >= 15 is 0 Å². The molecule has 0 aliphatic rings. The van der Waals surface area contributed by atoms with Gasteiger partial charge in [-0.1, -0.05) is 42.1 Å². The number of anilines is 2. The van der Waals surface area contributed by atoms with E-state index in [-0.39, 0.29) is 17.6 Å². The van der Waals surface area contributed by atoms with E-state index in [2.05, 4.69) is 20.8 Å². The van der Waals surface area contributed by atoms with E-state index in [0.29, 0.717) is 34.7 Å². The molecule has 0 saturated carbocycles. The molecule has 1 aromatic heterocycles. The average molecular weight is 412 g/mol. The predicted octanol–water partition coefficient (Wildman–Crippen LogP) is 3.36. The van der Waals surface area contributed by atoms with Crippen LogP contribution in [0.25, 0.3) is 0 Å². The number of benzene rings is 2. The number of hydrogen-bond donors (Lipinski definition) is 2. The first kappa shape index (κ1) is 20.4. The van der Waals surface area contributed by atoms with Crippen molar-refractivity contribution in [2.45, 2.75) is 18.6 Å². The van der Waals surface area contributed by atoms with Gasteiger partial charge in [0.05, 0.1) is 25.0 Å². The Balaban J connectivity index is 1.57. The van der Waals surface area contributed by atoms with Gasteiger partial charge in [0.15, 0.2) is 0 Å². The van der Waals surface area contributed by atoms with Gasteiger partial charge in [0.25, 0.3) is 5.22 Å². The summed E-state index contributed by atoms with van der Waals surface area (Å²) < 4.78 is 10.8. The number of ether oxygens (including phenoxy) is 1. The third kappa shape index (κ3) is 6.08. The van der Waals surface area contributed by atoms with Crippen LogP contribution < -0.4 is 15.4 Å². The molecule has 8 nitrogen and oxygen atoms in total. The third-order valence-corrected chi connectivity index (χ3v) is 4.59. The van der Waals surface area contributed by atoms with Crippen molar-refractivity contribution in [3.8, 4) is 5.75 Å². The largest absolute Gasteiger partial charge is 0.495 e. The van der Waals surface area contributed by atoms with Crippen molar-refractivity contribution < 1.29 is 18.7 Å². The quantitative estimate of drug-likeness (QED) is 0.546. The van der Waals surface area contributed by atoms with E-state index in [0.717, 1.165) is 17.3 Å². The first-order valence-electron chi connectivity index (χ1n) is 8.78. The zero-order chi connectivity index (χ0) is 20.6. The lowest BCUT2D eigenvalue weighted by molar-refractivity contribution is -0.114. The maximum absolute atomic E-state index is 12.3.